The van der Waals surface area contributed by atoms with Crippen LogP contribution in [0.3, 0.4) is 0 Å². The van der Waals surface area contributed by atoms with E-state index in [2.05, 4.69) is 10.0 Å². The third-order valence-electron chi connectivity index (χ3n) is 4.18. The molecule has 0 aliphatic carbocycles. The summed E-state index contributed by atoms with van der Waals surface area (Å²) in [6, 6.07) is 4.23. The molecule has 0 aromatic heterocycles. The number of sulfonamides is 1. The van der Waals surface area contributed by atoms with Crippen molar-refractivity contribution in [1.82, 2.24) is 4.72 Å². The topological polar surface area (TPSA) is 105 Å². The van der Waals surface area contributed by atoms with Gasteiger partial charge in [-0.1, -0.05) is 13.3 Å². The molecule has 7 nitrogen and oxygen atoms in total. The summed E-state index contributed by atoms with van der Waals surface area (Å²) in [7, 11) is -3.78. The Balaban J connectivity index is 2.17. The van der Waals surface area contributed by atoms with Gasteiger partial charge in [0, 0.05) is 24.9 Å². The SMILES string of the molecule is CCC[C@H](C)Nc1ccc(S(=O)(=O)NC[C@@H]2CCCO2)cc1C(=O)O. The van der Waals surface area contributed by atoms with E-state index in [9.17, 15) is 18.3 Å². The first-order valence-electron chi connectivity index (χ1n) is 8.58. The molecule has 0 bridgehead atoms. The molecule has 2 atom stereocenters. The zero-order valence-corrected chi connectivity index (χ0v) is 15.4. The van der Waals surface area contributed by atoms with E-state index >= 15 is 0 Å². The van der Waals surface area contributed by atoms with Gasteiger partial charge in [0.1, 0.15) is 0 Å². The Morgan fingerprint density at radius 1 is 1.44 bits per heavy atom. The average molecular weight is 370 g/mol. The fourth-order valence-corrected chi connectivity index (χ4v) is 3.95. The van der Waals surface area contributed by atoms with Gasteiger partial charge in [-0.05, 0) is 44.4 Å². The van der Waals surface area contributed by atoms with Gasteiger partial charge in [-0.2, -0.15) is 0 Å². The van der Waals surface area contributed by atoms with Gasteiger partial charge in [0.15, 0.2) is 0 Å². The minimum Gasteiger partial charge on any atom is -0.478 e. The molecule has 0 saturated carbocycles. The van der Waals surface area contributed by atoms with Crippen LogP contribution in [0, 0.1) is 0 Å². The summed E-state index contributed by atoms with van der Waals surface area (Å²) < 4.78 is 32.7. The molecule has 25 heavy (non-hydrogen) atoms. The highest BCUT2D eigenvalue weighted by molar-refractivity contribution is 7.89. The number of anilines is 1. The lowest BCUT2D eigenvalue weighted by Gasteiger charge is -2.17. The summed E-state index contributed by atoms with van der Waals surface area (Å²) in [5, 5.41) is 12.6. The van der Waals surface area contributed by atoms with Gasteiger partial charge in [-0.15, -0.1) is 0 Å². The summed E-state index contributed by atoms with van der Waals surface area (Å²) in [6.45, 7) is 4.85. The van der Waals surface area contributed by atoms with Crippen molar-refractivity contribution in [3.63, 3.8) is 0 Å². The second kappa shape index (κ2) is 8.64. The first-order chi connectivity index (χ1) is 11.8. The molecule has 1 fully saturated rings. The van der Waals surface area contributed by atoms with Gasteiger partial charge < -0.3 is 15.2 Å². The number of carboxylic acids is 1. The minimum absolute atomic E-state index is 0.0528. The molecule has 0 amide bonds. The Hall–Kier alpha value is -1.64. The summed E-state index contributed by atoms with van der Waals surface area (Å²) in [4.78, 5) is 11.5. The lowest BCUT2D eigenvalue weighted by molar-refractivity contribution is 0.0697. The Kier molecular flexibility index (Phi) is 6.80. The van der Waals surface area contributed by atoms with E-state index in [0.717, 1.165) is 25.7 Å². The normalized spacial score (nSPS) is 18.9. The van der Waals surface area contributed by atoms with Crippen molar-refractivity contribution in [2.75, 3.05) is 18.5 Å². The third kappa shape index (κ3) is 5.42. The highest BCUT2D eigenvalue weighted by Crippen LogP contribution is 2.22. The van der Waals surface area contributed by atoms with Crippen LogP contribution in [0.5, 0.6) is 0 Å². The average Bonchev–Trinajstić information content (AvgIpc) is 3.06. The van der Waals surface area contributed by atoms with Crippen LogP contribution in [0.1, 0.15) is 49.9 Å². The number of benzene rings is 1. The van der Waals surface area contributed by atoms with Crippen LogP contribution in [0.25, 0.3) is 0 Å². The minimum atomic E-state index is -3.78. The highest BCUT2D eigenvalue weighted by atomic mass is 32.2. The number of carboxylic acid groups (broad SMARTS) is 1. The predicted octanol–water partition coefficient (Wildman–Crippen LogP) is 2.44. The van der Waals surface area contributed by atoms with Gasteiger partial charge in [0.05, 0.1) is 16.6 Å². The molecule has 0 unspecified atom stereocenters. The van der Waals surface area contributed by atoms with Gasteiger partial charge in [0.2, 0.25) is 10.0 Å². The summed E-state index contributed by atoms with van der Waals surface area (Å²) in [5.74, 6) is -1.16. The van der Waals surface area contributed by atoms with Crippen LogP contribution in [0.2, 0.25) is 0 Å². The Morgan fingerprint density at radius 3 is 2.80 bits per heavy atom. The molecule has 1 aromatic carbocycles. The van der Waals surface area contributed by atoms with Crippen LogP contribution in [-0.4, -0.2) is 44.8 Å². The Bertz CT molecular complexity index is 699. The molecule has 140 valence electrons. The lowest BCUT2D eigenvalue weighted by atomic mass is 10.1. The van der Waals surface area contributed by atoms with E-state index in [1.165, 1.54) is 18.2 Å². The maximum Gasteiger partial charge on any atom is 0.337 e. The lowest BCUT2D eigenvalue weighted by Crippen LogP contribution is -2.32. The zero-order chi connectivity index (χ0) is 18.4. The summed E-state index contributed by atoms with van der Waals surface area (Å²) in [6.07, 6.45) is 3.48. The van der Waals surface area contributed by atoms with Crippen molar-refractivity contribution in [2.45, 2.75) is 56.6 Å². The smallest absolute Gasteiger partial charge is 0.337 e. The van der Waals surface area contributed by atoms with Crippen molar-refractivity contribution in [1.29, 1.82) is 0 Å². The van der Waals surface area contributed by atoms with Gasteiger partial charge in [-0.3, -0.25) is 0 Å². The number of carbonyl (C=O) groups is 1. The molecule has 1 aromatic rings. The zero-order valence-electron chi connectivity index (χ0n) is 14.6. The van der Waals surface area contributed by atoms with Gasteiger partial charge >= 0.3 is 5.97 Å². The Labute approximate surface area is 148 Å². The van der Waals surface area contributed by atoms with Gasteiger partial charge in [-0.25, -0.2) is 17.9 Å². The van der Waals surface area contributed by atoms with Crippen LogP contribution < -0.4 is 10.0 Å². The number of rotatable bonds is 9. The van der Waals surface area contributed by atoms with Crippen LogP contribution >= 0.6 is 0 Å². The van der Waals surface area contributed by atoms with E-state index in [0.29, 0.717) is 12.3 Å². The van der Waals surface area contributed by atoms with E-state index in [4.69, 9.17) is 4.74 Å². The summed E-state index contributed by atoms with van der Waals surface area (Å²) >= 11 is 0. The number of hydrogen-bond acceptors (Lipinski definition) is 5. The standard InChI is InChI=1S/C17H26N2O5S/c1-3-5-12(2)19-16-8-7-14(10-15(16)17(20)21)25(22,23)18-11-13-6-4-9-24-13/h7-8,10,12-13,18-19H,3-6,9,11H2,1-2H3,(H,20,21)/t12-,13-/m0/s1. The van der Waals surface area contributed by atoms with E-state index in [1.807, 2.05) is 13.8 Å². The fourth-order valence-electron chi connectivity index (χ4n) is 2.86. The number of ether oxygens (including phenoxy) is 1. The van der Waals surface area contributed by atoms with E-state index in [1.54, 1.807) is 0 Å². The van der Waals surface area contributed by atoms with Crippen molar-refractivity contribution in [2.24, 2.45) is 0 Å². The molecule has 3 N–H and O–H groups in total. The predicted molar refractivity (Wildman–Crippen MR) is 95.6 cm³/mol. The molecule has 1 saturated heterocycles. The summed E-state index contributed by atoms with van der Waals surface area (Å²) in [5.41, 5.74) is 0.370. The molecule has 8 heteroatoms. The van der Waals surface area contributed by atoms with Crippen molar-refractivity contribution in [3.8, 4) is 0 Å². The molecule has 1 aliphatic rings. The highest BCUT2D eigenvalue weighted by Gasteiger charge is 2.22. The fraction of sp³-hybridized carbons (Fsp3) is 0.588. The number of hydrogen-bond donors (Lipinski definition) is 3. The largest absolute Gasteiger partial charge is 0.478 e. The van der Waals surface area contributed by atoms with Gasteiger partial charge in [0.25, 0.3) is 0 Å². The third-order valence-corrected chi connectivity index (χ3v) is 5.60. The van der Waals surface area contributed by atoms with E-state index < -0.39 is 16.0 Å². The molecular weight excluding hydrogens is 344 g/mol. The second-order valence-electron chi connectivity index (χ2n) is 6.33. The second-order valence-corrected chi connectivity index (χ2v) is 8.10. The molecule has 1 aliphatic heterocycles. The molecule has 1 heterocycles. The molecular formula is C17H26N2O5S. The Morgan fingerprint density at radius 2 is 2.20 bits per heavy atom. The van der Waals surface area contributed by atoms with Crippen LogP contribution in [0.4, 0.5) is 5.69 Å². The number of nitrogens with one attached hydrogen (secondary N) is 2. The first-order valence-corrected chi connectivity index (χ1v) is 10.1. The maximum atomic E-state index is 12.4. The van der Waals surface area contributed by atoms with Crippen LogP contribution in [-0.2, 0) is 14.8 Å². The monoisotopic (exact) mass is 370 g/mol. The van der Waals surface area contributed by atoms with Crippen molar-refractivity contribution < 1.29 is 23.1 Å². The van der Waals surface area contributed by atoms with Crippen molar-refractivity contribution >= 4 is 21.7 Å². The van der Waals surface area contributed by atoms with E-state index in [-0.39, 0.29) is 29.1 Å². The maximum absolute atomic E-state index is 12.4. The molecule has 0 radical (unpaired) electrons. The molecule has 2 rings (SSSR count). The molecule has 0 spiro atoms. The number of aromatic carboxylic acids is 1. The first kappa shape index (κ1) is 19.7. The van der Waals surface area contributed by atoms with Crippen molar-refractivity contribution in [3.05, 3.63) is 23.8 Å². The van der Waals surface area contributed by atoms with Crippen LogP contribution in [0.15, 0.2) is 23.1 Å². The quantitative estimate of drug-likeness (QED) is 0.617.